The Morgan fingerprint density at radius 1 is 1.50 bits per heavy atom. The molecule has 1 atom stereocenters. The first-order chi connectivity index (χ1) is 8.41. The van der Waals surface area contributed by atoms with E-state index in [0.29, 0.717) is 0 Å². The van der Waals surface area contributed by atoms with Crippen molar-refractivity contribution in [3.63, 3.8) is 0 Å². The number of nitriles is 1. The first-order valence-corrected chi connectivity index (χ1v) is 6.83. The van der Waals surface area contributed by atoms with Crippen molar-refractivity contribution in [1.29, 1.82) is 5.26 Å². The predicted octanol–water partition coefficient (Wildman–Crippen LogP) is 0.229. The van der Waals surface area contributed by atoms with Gasteiger partial charge in [-0.25, -0.2) is 18.4 Å². The molecular weight excluding hydrogens is 254 g/mol. The molecule has 0 fully saturated rings. The SMILES string of the molecule is CCN(CC(C)C#N)S(=O)(=O)c1cnc(N)nc1. The first kappa shape index (κ1) is 14.3. The van der Waals surface area contributed by atoms with E-state index >= 15 is 0 Å². The minimum absolute atomic E-state index is 0.0161. The number of aromatic nitrogens is 2. The molecule has 0 radical (unpaired) electrons. The van der Waals surface area contributed by atoms with Crippen LogP contribution in [0.25, 0.3) is 0 Å². The molecule has 18 heavy (non-hydrogen) atoms. The lowest BCUT2D eigenvalue weighted by atomic mass is 10.2. The lowest BCUT2D eigenvalue weighted by Crippen LogP contribution is -2.34. The van der Waals surface area contributed by atoms with E-state index in [1.54, 1.807) is 13.8 Å². The van der Waals surface area contributed by atoms with E-state index in [2.05, 4.69) is 9.97 Å². The number of nitrogen functional groups attached to an aromatic ring is 1. The van der Waals surface area contributed by atoms with Gasteiger partial charge in [0.05, 0.1) is 24.4 Å². The second-order valence-corrected chi connectivity index (χ2v) is 5.70. The molecule has 0 saturated heterocycles. The summed E-state index contributed by atoms with van der Waals surface area (Å²) in [5.41, 5.74) is 5.31. The zero-order valence-electron chi connectivity index (χ0n) is 10.2. The van der Waals surface area contributed by atoms with Gasteiger partial charge in [-0.2, -0.15) is 9.57 Å². The van der Waals surface area contributed by atoms with Crippen molar-refractivity contribution in [2.45, 2.75) is 18.7 Å². The molecule has 0 bridgehead atoms. The first-order valence-electron chi connectivity index (χ1n) is 5.39. The van der Waals surface area contributed by atoms with Gasteiger partial charge in [-0.1, -0.05) is 6.92 Å². The summed E-state index contributed by atoms with van der Waals surface area (Å²) in [6, 6.07) is 2.01. The summed E-state index contributed by atoms with van der Waals surface area (Å²) in [5, 5.41) is 8.74. The van der Waals surface area contributed by atoms with E-state index in [4.69, 9.17) is 11.0 Å². The molecule has 0 amide bonds. The normalized spacial score (nSPS) is 13.2. The third-order valence-corrected chi connectivity index (χ3v) is 4.23. The van der Waals surface area contributed by atoms with Crippen molar-refractivity contribution < 1.29 is 8.42 Å². The molecule has 1 aromatic rings. The van der Waals surface area contributed by atoms with Crippen LogP contribution in [0.1, 0.15) is 13.8 Å². The van der Waals surface area contributed by atoms with Gasteiger partial charge in [0.2, 0.25) is 16.0 Å². The molecule has 0 spiro atoms. The van der Waals surface area contributed by atoms with Gasteiger partial charge in [0.25, 0.3) is 0 Å². The maximum absolute atomic E-state index is 12.2. The van der Waals surface area contributed by atoms with Gasteiger partial charge in [-0.15, -0.1) is 0 Å². The zero-order chi connectivity index (χ0) is 13.8. The third kappa shape index (κ3) is 3.15. The average Bonchev–Trinajstić information content (AvgIpc) is 2.35. The largest absolute Gasteiger partial charge is 0.368 e. The van der Waals surface area contributed by atoms with E-state index in [1.807, 2.05) is 6.07 Å². The van der Waals surface area contributed by atoms with Crippen LogP contribution >= 0.6 is 0 Å². The summed E-state index contributed by atoms with van der Waals surface area (Å²) in [7, 11) is -3.67. The summed E-state index contributed by atoms with van der Waals surface area (Å²) < 4.78 is 25.7. The van der Waals surface area contributed by atoms with Gasteiger partial charge >= 0.3 is 0 Å². The lowest BCUT2D eigenvalue weighted by Gasteiger charge is -2.20. The van der Waals surface area contributed by atoms with Gasteiger partial charge < -0.3 is 5.73 Å². The summed E-state index contributed by atoms with van der Waals surface area (Å²) in [6.07, 6.45) is 2.33. The number of nitrogens with zero attached hydrogens (tertiary/aromatic N) is 4. The fourth-order valence-electron chi connectivity index (χ4n) is 1.35. The van der Waals surface area contributed by atoms with E-state index in [9.17, 15) is 8.42 Å². The average molecular weight is 269 g/mol. The highest BCUT2D eigenvalue weighted by Crippen LogP contribution is 2.15. The molecular formula is C10H15N5O2S. The zero-order valence-corrected chi connectivity index (χ0v) is 11.1. The van der Waals surface area contributed by atoms with Crippen LogP contribution < -0.4 is 5.73 Å². The van der Waals surface area contributed by atoms with Crippen molar-refractivity contribution in [2.24, 2.45) is 5.92 Å². The second kappa shape index (κ2) is 5.75. The monoisotopic (exact) mass is 269 g/mol. The van der Waals surface area contributed by atoms with Crippen molar-refractivity contribution in [3.8, 4) is 6.07 Å². The number of hydrogen-bond donors (Lipinski definition) is 1. The van der Waals surface area contributed by atoms with Crippen LogP contribution in [0.15, 0.2) is 17.3 Å². The molecule has 0 aliphatic heterocycles. The Hall–Kier alpha value is -1.72. The molecule has 8 heteroatoms. The molecule has 0 aliphatic carbocycles. The Balaban J connectivity index is 3.04. The smallest absolute Gasteiger partial charge is 0.246 e. The third-order valence-electron chi connectivity index (χ3n) is 2.34. The molecule has 98 valence electrons. The summed E-state index contributed by atoms with van der Waals surface area (Å²) in [5.74, 6) is -0.364. The summed E-state index contributed by atoms with van der Waals surface area (Å²) >= 11 is 0. The van der Waals surface area contributed by atoms with Crippen LogP contribution in [0.5, 0.6) is 0 Å². The van der Waals surface area contributed by atoms with Crippen molar-refractivity contribution in [2.75, 3.05) is 18.8 Å². The fourth-order valence-corrected chi connectivity index (χ4v) is 2.78. The summed E-state index contributed by atoms with van der Waals surface area (Å²) in [4.78, 5) is 7.29. The topological polar surface area (TPSA) is 113 Å². The van der Waals surface area contributed by atoms with Gasteiger partial charge in [0, 0.05) is 13.1 Å². The van der Waals surface area contributed by atoms with Gasteiger partial charge in [0.15, 0.2) is 0 Å². The molecule has 0 aromatic carbocycles. The van der Waals surface area contributed by atoms with Crippen molar-refractivity contribution in [1.82, 2.24) is 14.3 Å². The summed E-state index contributed by atoms with van der Waals surface area (Å²) in [6.45, 7) is 3.79. The number of rotatable bonds is 5. The number of sulfonamides is 1. The molecule has 0 saturated carbocycles. The molecule has 7 nitrogen and oxygen atoms in total. The van der Waals surface area contributed by atoms with E-state index in [0.717, 1.165) is 12.4 Å². The van der Waals surface area contributed by atoms with Gasteiger partial charge in [0.1, 0.15) is 4.90 Å². The molecule has 2 N–H and O–H groups in total. The Labute approximate surface area is 106 Å². The highest BCUT2D eigenvalue weighted by atomic mass is 32.2. The van der Waals surface area contributed by atoms with E-state index in [-0.39, 0.29) is 29.9 Å². The lowest BCUT2D eigenvalue weighted by molar-refractivity contribution is 0.399. The Kier molecular flexibility index (Phi) is 4.58. The van der Waals surface area contributed by atoms with Gasteiger partial charge in [-0.3, -0.25) is 0 Å². The van der Waals surface area contributed by atoms with Crippen LogP contribution in [0, 0.1) is 17.2 Å². The molecule has 1 rings (SSSR count). The number of nitrogens with two attached hydrogens (primary N) is 1. The highest BCUT2D eigenvalue weighted by Gasteiger charge is 2.25. The van der Waals surface area contributed by atoms with Crippen molar-refractivity contribution >= 4 is 16.0 Å². The minimum atomic E-state index is -3.67. The number of anilines is 1. The molecule has 1 aromatic heterocycles. The minimum Gasteiger partial charge on any atom is -0.368 e. The van der Waals surface area contributed by atoms with Crippen LogP contribution in [0.2, 0.25) is 0 Å². The molecule has 0 aliphatic rings. The molecule has 1 unspecified atom stereocenters. The second-order valence-electron chi connectivity index (χ2n) is 3.76. The van der Waals surface area contributed by atoms with Crippen molar-refractivity contribution in [3.05, 3.63) is 12.4 Å². The van der Waals surface area contributed by atoms with Crippen LogP contribution in [-0.4, -0.2) is 35.8 Å². The fraction of sp³-hybridized carbons (Fsp3) is 0.500. The quantitative estimate of drug-likeness (QED) is 0.818. The maximum Gasteiger partial charge on any atom is 0.246 e. The predicted molar refractivity (Wildman–Crippen MR) is 65.7 cm³/mol. The molecule has 1 heterocycles. The highest BCUT2D eigenvalue weighted by molar-refractivity contribution is 7.89. The van der Waals surface area contributed by atoms with E-state index in [1.165, 1.54) is 4.31 Å². The van der Waals surface area contributed by atoms with Crippen LogP contribution in [0.4, 0.5) is 5.95 Å². The van der Waals surface area contributed by atoms with E-state index < -0.39 is 10.0 Å². The van der Waals surface area contributed by atoms with Crippen LogP contribution in [-0.2, 0) is 10.0 Å². The Bertz CT molecular complexity index is 534. The standard InChI is InChI=1S/C10H15N5O2S/c1-3-15(7-8(2)4-11)18(16,17)9-5-13-10(12)14-6-9/h5-6,8H,3,7H2,1-2H3,(H2,12,13,14). The van der Waals surface area contributed by atoms with Gasteiger partial charge in [-0.05, 0) is 6.92 Å². The Morgan fingerprint density at radius 2 is 2.06 bits per heavy atom. The number of hydrogen-bond acceptors (Lipinski definition) is 6. The maximum atomic E-state index is 12.2. The Morgan fingerprint density at radius 3 is 2.50 bits per heavy atom. The van der Waals surface area contributed by atoms with Crippen LogP contribution in [0.3, 0.4) is 0 Å².